The zero-order chi connectivity index (χ0) is 24.4. The maximum Gasteiger partial charge on any atom is 0.234 e. The summed E-state index contributed by atoms with van der Waals surface area (Å²) in [5.41, 5.74) is 4.40. The molecule has 1 amide bonds. The Bertz CT molecular complexity index is 1200. The molecule has 7 heteroatoms. The Hall–Kier alpha value is -3.61. The van der Waals surface area contributed by atoms with Crippen molar-refractivity contribution in [2.75, 3.05) is 26.6 Å². The number of para-hydroxylation sites is 1. The van der Waals surface area contributed by atoms with Crippen molar-refractivity contribution in [3.8, 4) is 17.2 Å². The van der Waals surface area contributed by atoms with Gasteiger partial charge < -0.3 is 19.5 Å². The highest BCUT2D eigenvalue weighted by molar-refractivity contribution is 6.13. The van der Waals surface area contributed by atoms with E-state index in [9.17, 15) is 9.59 Å². The number of Topliss-reactive ketones (excluding diaryl/α,β-unsaturated/α-hetero) is 1. The van der Waals surface area contributed by atoms with E-state index in [0.29, 0.717) is 46.9 Å². The fraction of sp³-hybridized carbons (Fsp3) is 0.370. The summed E-state index contributed by atoms with van der Waals surface area (Å²) in [4.78, 5) is 31.7. The van der Waals surface area contributed by atoms with Gasteiger partial charge in [0.1, 0.15) is 0 Å². The quantitative estimate of drug-likeness (QED) is 0.664. The Kier molecular flexibility index (Phi) is 6.72. The van der Waals surface area contributed by atoms with Crippen LogP contribution in [0.2, 0.25) is 0 Å². The minimum absolute atomic E-state index is 0.0213. The van der Waals surface area contributed by atoms with Crippen molar-refractivity contribution in [3.63, 3.8) is 0 Å². The van der Waals surface area contributed by atoms with Crippen LogP contribution in [0.3, 0.4) is 0 Å². The Labute approximate surface area is 199 Å². The number of benzene rings is 2. The number of aryl methyl sites for hydroxylation is 1. The number of ether oxygens (including phenoxy) is 3. The van der Waals surface area contributed by atoms with Gasteiger partial charge in [0.2, 0.25) is 11.7 Å². The van der Waals surface area contributed by atoms with Gasteiger partial charge in [-0.3, -0.25) is 14.6 Å². The number of carbonyl (C=O) groups is 2. The van der Waals surface area contributed by atoms with Crippen molar-refractivity contribution in [1.82, 2.24) is 0 Å². The van der Waals surface area contributed by atoms with E-state index in [4.69, 9.17) is 19.2 Å². The van der Waals surface area contributed by atoms with Crippen molar-refractivity contribution in [1.29, 1.82) is 0 Å². The van der Waals surface area contributed by atoms with Crippen LogP contribution in [0.5, 0.6) is 17.2 Å². The van der Waals surface area contributed by atoms with Crippen LogP contribution in [0.4, 0.5) is 5.69 Å². The first kappa shape index (κ1) is 23.5. The molecule has 0 bridgehead atoms. The Morgan fingerprint density at radius 1 is 0.971 bits per heavy atom. The molecular formula is C27H30N2O5. The molecule has 2 aromatic carbocycles. The number of rotatable bonds is 6. The highest BCUT2D eigenvalue weighted by atomic mass is 16.5. The zero-order valence-corrected chi connectivity index (χ0v) is 20.2. The average Bonchev–Trinajstić information content (AvgIpc) is 2.83. The van der Waals surface area contributed by atoms with Crippen molar-refractivity contribution in [3.05, 3.63) is 58.8 Å². The SMILES string of the molecule is COc1ccc([C@H]2C3=C(CCCC3=O)N=C(C)C2C(=O)Nc2ccccc2C)c(OC)c1OC. The van der Waals surface area contributed by atoms with Gasteiger partial charge in [0.05, 0.1) is 27.2 Å². The molecule has 0 spiro atoms. The molecule has 2 aliphatic rings. The number of aliphatic imine (C=N–C) groups is 1. The fourth-order valence-corrected chi connectivity index (χ4v) is 4.98. The Balaban J connectivity index is 1.89. The van der Waals surface area contributed by atoms with Crippen molar-refractivity contribution in [2.24, 2.45) is 10.9 Å². The molecule has 0 radical (unpaired) electrons. The van der Waals surface area contributed by atoms with Crippen molar-refractivity contribution in [2.45, 2.75) is 39.0 Å². The fourth-order valence-electron chi connectivity index (χ4n) is 4.98. The van der Waals surface area contributed by atoms with Gasteiger partial charge in [-0.1, -0.05) is 24.3 Å². The highest BCUT2D eigenvalue weighted by Crippen LogP contribution is 2.50. The van der Waals surface area contributed by atoms with E-state index in [2.05, 4.69) is 5.32 Å². The van der Waals surface area contributed by atoms with E-state index in [-0.39, 0.29) is 11.7 Å². The minimum atomic E-state index is -0.688. The first-order chi connectivity index (χ1) is 16.4. The third-order valence-electron chi connectivity index (χ3n) is 6.59. The van der Waals surface area contributed by atoms with E-state index in [0.717, 1.165) is 23.4 Å². The number of anilines is 1. The number of allylic oxidation sites excluding steroid dienone is 2. The van der Waals surface area contributed by atoms with Crippen LogP contribution in [0.1, 0.15) is 43.2 Å². The summed E-state index contributed by atoms with van der Waals surface area (Å²) in [5.74, 6) is -0.0668. The molecule has 0 fully saturated rings. The van der Waals surface area contributed by atoms with E-state index < -0.39 is 11.8 Å². The minimum Gasteiger partial charge on any atom is -0.493 e. The highest BCUT2D eigenvalue weighted by Gasteiger charge is 2.44. The molecule has 1 heterocycles. The number of hydrogen-bond donors (Lipinski definition) is 1. The van der Waals surface area contributed by atoms with Crippen molar-refractivity contribution < 1.29 is 23.8 Å². The molecule has 1 aliphatic carbocycles. The number of carbonyl (C=O) groups excluding carboxylic acids is 2. The maximum atomic E-state index is 13.7. The van der Waals surface area contributed by atoms with Crippen molar-refractivity contribution >= 4 is 23.1 Å². The van der Waals surface area contributed by atoms with Crippen LogP contribution < -0.4 is 19.5 Å². The number of hydrogen-bond acceptors (Lipinski definition) is 6. The Morgan fingerprint density at radius 2 is 1.71 bits per heavy atom. The molecule has 2 aromatic rings. The van der Waals surface area contributed by atoms with E-state index in [1.165, 1.54) is 7.11 Å². The van der Waals surface area contributed by atoms with Gasteiger partial charge in [0.25, 0.3) is 0 Å². The summed E-state index contributed by atoms with van der Waals surface area (Å²) in [6.07, 6.45) is 1.90. The van der Waals surface area contributed by atoms with E-state index in [1.807, 2.05) is 44.2 Å². The molecule has 178 valence electrons. The second kappa shape index (κ2) is 9.71. The maximum absolute atomic E-state index is 13.7. The number of ketones is 1. The molecule has 1 N–H and O–H groups in total. The lowest BCUT2D eigenvalue weighted by Gasteiger charge is -2.36. The van der Waals surface area contributed by atoms with Gasteiger partial charge in [0.15, 0.2) is 17.3 Å². The molecule has 0 aromatic heterocycles. The van der Waals surface area contributed by atoms with E-state index in [1.54, 1.807) is 20.3 Å². The normalized spacial score (nSPS) is 19.8. The Morgan fingerprint density at radius 3 is 2.38 bits per heavy atom. The van der Waals surface area contributed by atoms with Crippen LogP contribution >= 0.6 is 0 Å². The lowest BCUT2D eigenvalue weighted by Crippen LogP contribution is -2.39. The summed E-state index contributed by atoms with van der Waals surface area (Å²) in [6.45, 7) is 3.79. The summed E-state index contributed by atoms with van der Waals surface area (Å²) in [6, 6.07) is 11.2. The predicted molar refractivity (Wildman–Crippen MR) is 131 cm³/mol. The molecule has 7 nitrogen and oxygen atoms in total. The molecule has 2 atom stereocenters. The van der Waals surface area contributed by atoms with Gasteiger partial charge in [-0.05, 0) is 44.4 Å². The average molecular weight is 463 g/mol. The lowest BCUT2D eigenvalue weighted by atomic mass is 9.71. The largest absolute Gasteiger partial charge is 0.493 e. The van der Waals surface area contributed by atoms with Crippen LogP contribution in [-0.2, 0) is 9.59 Å². The number of amides is 1. The smallest absolute Gasteiger partial charge is 0.234 e. The molecule has 34 heavy (non-hydrogen) atoms. The van der Waals surface area contributed by atoms with Crippen LogP contribution in [0.25, 0.3) is 0 Å². The standard InChI is InChI=1S/C27H30N2O5/c1-15-9-6-7-10-18(15)29-27(31)22-16(2)28-19-11-8-12-20(30)24(19)23(22)17-13-14-21(32-3)26(34-5)25(17)33-4/h6-7,9-10,13-14,22-23H,8,11-12H2,1-5H3,(H,29,31)/t22?,23-/m1/s1. The third-order valence-corrected chi connectivity index (χ3v) is 6.59. The topological polar surface area (TPSA) is 86.2 Å². The van der Waals surface area contributed by atoms with Gasteiger partial charge >= 0.3 is 0 Å². The zero-order valence-electron chi connectivity index (χ0n) is 20.2. The molecule has 0 saturated heterocycles. The first-order valence-electron chi connectivity index (χ1n) is 11.4. The van der Waals surface area contributed by atoms with Gasteiger partial charge in [-0.2, -0.15) is 0 Å². The number of methoxy groups -OCH3 is 3. The monoisotopic (exact) mass is 462 g/mol. The van der Waals surface area contributed by atoms with Crippen LogP contribution in [0.15, 0.2) is 52.7 Å². The van der Waals surface area contributed by atoms with E-state index >= 15 is 0 Å². The van der Waals surface area contributed by atoms with Gasteiger partial charge in [-0.15, -0.1) is 0 Å². The number of nitrogens with zero attached hydrogens (tertiary/aromatic N) is 1. The summed E-state index contributed by atoms with van der Waals surface area (Å²) < 4.78 is 16.8. The second-order valence-corrected chi connectivity index (χ2v) is 8.57. The third kappa shape index (κ3) is 4.06. The summed E-state index contributed by atoms with van der Waals surface area (Å²) >= 11 is 0. The molecule has 4 rings (SSSR count). The summed E-state index contributed by atoms with van der Waals surface area (Å²) in [5, 5.41) is 3.06. The molecule has 1 unspecified atom stereocenters. The first-order valence-corrected chi connectivity index (χ1v) is 11.4. The predicted octanol–water partition coefficient (Wildman–Crippen LogP) is 4.84. The molecular weight excluding hydrogens is 432 g/mol. The second-order valence-electron chi connectivity index (χ2n) is 8.57. The number of nitrogens with one attached hydrogen (secondary N) is 1. The molecule has 1 aliphatic heterocycles. The molecule has 0 saturated carbocycles. The van der Waals surface area contributed by atoms with Gasteiger partial charge in [0, 0.05) is 40.6 Å². The lowest BCUT2D eigenvalue weighted by molar-refractivity contribution is -0.119. The summed E-state index contributed by atoms with van der Waals surface area (Å²) in [7, 11) is 4.64. The van der Waals surface area contributed by atoms with Gasteiger partial charge in [-0.25, -0.2) is 0 Å². The van der Waals surface area contributed by atoms with Crippen LogP contribution in [-0.4, -0.2) is 38.7 Å². The van der Waals surface area contributed by atoms with Crippen LogP contribution in [0, 0.1) is 12.8 Å².